The Bertz CT molecular complexity index is 892. The van der Waals surface area contributed by atoms with Gasteiger partial charge in [0.2, 0.25) is 0 Å². The third kappa shape index (κ3) is 5.04. The molecular weight excluding hydrogens is 368 g/mol. The second-order valence-electron chi connectivity index (χ2n) is 8.01. The van der Waals surface area contributed by atoms with E-state index in [2.05, 4.69) is 38.0 Å². The summed E-state index contributed by atoms with van der Waals surface area (Å²) in [5, 5.41) is 0. The Morgan fingerprint density at radius 1 is 1.17 bits per heavy atom. The van der Waals surface area contributed by atoms with Gasteiger partial charge in [-0.05, 0) is 37.6 Å². The summed E-state index contributed by atoms with van der Waals surface area (Å²) in [6.45, 7) is 9.10. The van der Waals surface area contributed by atoms with E-state index in [0.29, 0.717) is 11.7 Å². The molecule has 0 bridgehead atoms. The van der Waals surface area contributed by atoms with Crippen LogP contribution in [0.5, 0.6) is 5.75 Å². The van der Waals surface area contributed by atoms with Crippen molar-refractivity contribution in [1.82, 2.24) is 19.8 Å². The smallest absolute Gasteiger partial charge is 0.251 e. The summed E-state index contributed by atoms with van der Waals surface area (Å²) in [7, 11) is 1.74. The Morgan fingerprint density at radius 2 is 2.00 bits per heavy atom. The number of hydrogen-bond donors (Lipinski definition) is 1. The average molecular weight is 399 g/mol. The van der Waals surface area contributed by atoms with Crippen LogP contribution < -0.4 is 10.3 Å². The number of hydrogen-bond acceptors (Lipinski definition) is 6. The van der Waals surface area contributed by atoms with Crippen molar-refractivity contribution < 1.29 is 9.47 Å². The minimum atomic E-state index is -0.0612. The molecule has 2 fully saturated rings. The van der Waals surface area contributed by atoms with Crippen molar-refractivity contribution in [3.05, 3.63) is 57.3 Å². The molecule has 4 rings (SSSR count). The number of H-pyrrole nitrogens is 1. The minimum absolute atomic E-state index is 0.0612. The Hall–Kier alpha value is -2.22. The third-order valence-electron chi connectivity index (χ3n) is 5.82. The SMILES string of the molecule is COc1ccc(CN2CCC(c3cc(=O)[nH]c(C)n3)C2)cc1CN1CCOCC1. The zero-order valence-electron chi connectivity index (χ0n) is 17.3. The van der Waals surface area contributed by atoms with Crippen LogP contribution in [0.1, 0.15) is 35.0 Å². The first kappa shape index (κ1) is 20.1. The topological polar surface area (TPSA) is 70.7 Å². The number of rotatable bonds is 6. The van der Waals surface area contributed by atoms with Gasteiger partial charge in [0.1, 0.15) is 11.6 Å². The highest BCUT2D eigenvalue weighted by atomic mass is 16.5. The summed E-state index contributed by atoms with van der Waals surface area (Å²) in [4.78, 5) is 23.9. The minimum Gasteiger partial charge on any atom is -0.496 e. The molecule has 7 heteroatoms. The van der Waals surface area contributed by atoms with E-state index in [1.54, 1.807) is 13.2 Å². The first-order chi connectivity index (χ1) is 14.1. The molecule has 2 saturated heterocycles. The van der Waals surface area contributed by atoms with Crippen LogP contribution in [-0.4, -0.2) is 66.3 Å². The van der Waals surface area contributed by atoms with E-state index in [1.807, 2.05) is 6.92 Å². The molecular formula is C22H30N4O3. The molecule has 3 heterocycles. The molecule has 2 aliphatic rings. The molecule has 7 nitrogen and oxygen atoms in total. The molecule has 2 aromatic rings. The predicted octanol–water partition coefficient (Wildman–Crippen LogP) is 1.91. The largest absolute Gasteiger partial charge is 0.496 e. The van der Waals surface area contributed by atoms with Crippen LogP contribution in [0.4, 0.5) is 0 Å². The summed E-state index contributed by atoms with van der Waals surface area (Å²) in [6.07, 6.45) is 1.03. The van der Waals surface area contributed by atoms with Gasteiger partial charge in [-0.15, -0.1) is 0 Å². The molecule has 1 aromatic heterocycles. The molecule has 1 aromatic carbocycles. The van der Waals surface area contributed by atoms with Crippen molar-refractivity contribution in [2.75, 3.05) is 46.5 Å². The number of methoxy groups -OCH3 is 1. The number of nitrogens with zero attached hydrogens (tertiary/aromatic N) is 3. The van der Waals surface area contributed by atoms with Gasteiger partial charge in [-0.1, -0.05) is 6.07 Å². The maximum absolute atomic E-state index is 11.8. The number of nitrogens with one attached hydrogen (secondary N) is 1. The van der Waals surface area contributed by atoms with Crippen LogP contribution in [0.3, 0.4) is 0 Å². The van der Waals surface area contributed by atoms with E-state index >= 15 is 0 Å². The van der Waals surface area contributed by atoms with Crippen molar-refractivity contribution in [2.24, 2.45) is 0 Å². The molecule has 0 saturated carbocycles. The molecule has 0 radical (unpaired) electrons. The molecule has 0 aliphatic carbocycles. The third-order valence-corrected chi connectivity index (χ3v) is 5.82. The van der Waals surface area contributed by atoms with E-state index in [4.69, 9.17) is 9.47 Å². The zero-order chi connectivity index (χ0) is 20.2. The van der Waals surface area contributed by atoms with Gasteiger partial charge >= 0.3 is 0 Å². The van der Waals surface area contributed by atoms with E-state index in [9.17, 15) is 4.79 Å². The van der Waals surface area contributed by atoms with E-state index < -0.39 is 0 Å². The van der Waals surface area contributed by atoms with Gasteiger partial charge in [-0.25, -0.2) is 4.98 Å². The lowest BCUT2D eigenvalue weighted by molar-refractivity contribution is 0.0338. The van der Waals surface area contributed by atoms with Gasteiger partial charge in [0.05, 0.1) is 26.0 Å². The molecule has 2 aliphatic heterocycles. The van der Waals surface area contributed by atoms with Crippen LogP contribution in [0, 0.1) is 6.92 Å². The maximum atomic E-state index is 11.8. The summed E-state index contributed by atoms with van der Waals surface area (Å²) < 4.78 is 11.1. The molecule has 29 heavy (non-hydrogen) atoms. The Labute approximate surface area is 171 Å². The average Bonchev–Trinajstić information content (AvgIpc) is 3.17. The van der Waals surface area contributed by atoms with E-state index in [0.717, 1.165) is 70.3 Å². The lowest BCUT2D eigenvalue weighted by Crippen LogP contribution is -2.35. The van der Waals surface area contributed by atoms with Crippen LogP contribution in [0.15, 0.2) is 29.1 Å². The highest BCUT2D eigenvalue weighted by Gasteiger charge is 2.25. The van der Waals surface area contributed by atoms with E-state index in [1.165, 1.54) is 11.1 Å². The van der Waals surface area contributed by atoms with Crippen LogP contribution in [0.25, 0.3) is 0 Å². The number of aryl methyl sites for hydroxylation is 1. The maximum Gasteiger partial charge on any atom is 0.251 e. The Kier molecular flexibility index (Phi) is 6.28. The van der Waals surface area contributed by atoms with Crippen molar-refractivity contribution >= 4 is 0 Å². The monoisotopic (exact) mass is 398 g/mol. The molecule has 1 unspecified atom stereocenters. The molecule has 156 valence electrons. The van der Waals surface area contributed by atoms with Crippen molar-refractivity contribution in [1.29, 1.82) is 0 Å². The lowest BCUT2D eigenvalue weighted by atomic mass is 10.0. The van der Waals surface area contributed by atoms with Crippen molar-refractivity contribution in [3.8, 4) is 5.75 Å². The first-order valence-corrected chi connectivity index (χ1v) is 10.4. The summed E-state index contributed by atoms with van der Waals surface area (Å²) >= 11 is 0. The lowest BCUT2D eigenvalue weighted by Gasteiger charge is -2.27. The number of morpholine rings is 1. The van der Waals surface area contributed by atoms with Crippen molar-refractivity contribution in [3.63, 3.8) is 0 Å². The van der Waals surface area contributed by atoms with Gasteiger partial charge in [-0.2, -0.15) is 0 Å². The zero-order valence-corrected chi connectivity index (χ0v) is 17.3. The fourth-order valence-corrected chi connectivity index (χ4v) is 4.34. The first-order valence-electron chi connectivity index (χ1n) is 10.4. The second-order valence-corrected chi connectivity index (χ2v) is 8.01. The van der Waals surface area contributed by atoms with Crippen LogP contribution in [0.2, 0.25) is 0 Å². The number of ether oxygens (including phenoxy) is 2. The standard InChI is InChI=1S/C22H30N4O3/c1-16-23-20(12-22(27)24-16)18-5-6-26(14-18)13-17-3-4-21(28-2)19(11-17)15-25-7-9-29-10-8-25/h3-4,11-12,18H,5-10,13-15H2,1-2H3,(H,23,24,27). The normalized spacial score (nSPS) is 20.8. The highest BCUT2D eigenvalue weighted by Crippen LogP contribution is 2.28. The van der Waals surface area contributed by atoms with Gasteiger partial charge < -0.3 is 14.5 Å². The highest BCUT2D eigenvalue weighted by molar-refractivity contribution is 5.37. The van der Waals surface area contributed by atoms with E-state index in [-0.39, 0.29) is 5.56 Å². The number of aromatic nitrogens is 2. The number of likely N-dealkylation sites (tertiary alicyclic amines) is 1. The summed E-state index contributed by atoms with van der Waals surface area (Å²) in [6, 6.07) is 8.16. The molecule has 1 atom stereocenters. The second kappa shape index (κ2) is 9.07. The summed E-state index contributed by atoms with van der Waals surface area (Å²) in [5.41, 5.74) is 3.38. The Morgan fingerprint density at radius 3 is 2.76 bits per heavy atom. The molecule has 1 N–H and O–H groups in total. The quantitative estimate of drug-likeness (QED) is 0.802. The fraction of sp³-hybridized carbons (Fsp3) is 0.545. The van der Waals surface area contributed by atoms with Gasteiger partial charge in [0, 0.05) is 50.3 Å². The van der Waals surface area contributed by atoms with Gasteiger partial charge in [0.25, 0.3) is 5.56 Å². The number of aromatic amines is 1. The molecule has 0 spiro atoms. The van der Waals surface area contributed by atoms with Crippen molar-refractivity contribution in [2.45, 2.75) is 32.4 Å². The van der Waals surface area contributed by atoms with Crippen LogP contribution >= 0.6 is 0 Å². The number of benzene rings is 1. The van der Waals surface area contributed by atoms with Crippen LogP contribution in [-0.2, 0) is 17.8 Å². The molecule has 0 amide bonds. The fourth-order valence-electron chi connectivity index (χ4n) is 4.34. The van der Waals surface area contributed by atoms with Gasteiger partial charge in [0.15, 0.2) is 0 Å². The summed E-state index contributed by atoms with van der Waals surface area (Å²) in [5.74, 6) is 1.96. The Balaban J connectivity index is 1.42. The predicted molar refractivity (Wildman–Crippen MR) is 111 cm³/mol. The van der Waals surface area contributed by atoms with Gasteiger partial charge in [-0.3, -0.25) is 14.6 Å².